The molecule has 96 valence electrons. The van der Waals surface area contributed by atoms with Gasteiger partial charge in [0.15, 0.2) is 0 Å². The zero-order valence-electron chi connectivity index (χ0n) is 10.4. The lowest BCUT2D eigenvalue weighted by atomic mass is 10.2. The summed E-state index contributed by atoms with van der Waals surface area (Å²) in [5.74, 6) is 6.42. The number of hydrogen-bond donors (Lipinski definition) is 1. The van der Waals surface area contributed by atoms with Crippen LogP contribution in [0.25, 0.3) is 0 Å². The minimum Gasteiger partial charge on any atom is -0.457 e. The Hall–Kier alpha value is -2.31. The lowest BCUT2D eigenvalue weighted by Gasteiger charge is -2.05. The first-order valence-corrected chi connectivity index (χ1v) is 5.86. The fourth-order valence-electron chi connectivity index (χ4n) is 1.43. The molecule has 0 fully saturated rings. The predicted octanol–water partition coefficient (Wildman–Crippen LogP) is 3.35. The molecule has 2 aromatic carbocycles. The minimum absolute atomic E-state index is 0.295. The highest BCUT2D eigenvalue weighted by molar-refractivity contribution is 5.40. The van der Waals surface area contributed by atoms with Crippen LogP contribution in [0.15, 0.2) is 48.5 Å². The Morgan fingerprint density at radius 2 is 1.53 bits per heavy atom. The Morgan fingerprint density at radius 3 is 2.05 bits per heavy atom. The lowest BCUT2D eigenvalue weighted by Crippen LogP contribution is -1.92. The monoisotopic (exact) mass is 256 g/mol. The van der Waals surface area contributed by atoms with E-state index in [9.17, 15) is 4.39 Å². The van der Waals surface area contributed by atoms with Gasteiger partial charge < -0.3 is 9.84 Å². The third-order valence-corrected chi connectivity index (χ3v) is 2.33. The molecule has 0 radical (unpaired) electrons. The van der Waals surface area contributed by atoms with Crippen LogP contribution in [0, 0.1) is 17.7 Å². The van der Waals surface area contributed by atoms with Crippen LogP contribution in [0.3, 0.4) is 0 Å². The van der Waals surface area contributed by atoms with Crippen LogP contribution in [-0.2, 0) is 0 Å². The quantitative estimate of drug-likeness (QED) is 0.835. The number of ether oxygens (including phenoxy) is 1. The fraction of sp³-hybridized carbons (Fsp3) is 0.125. The van der Waals surface area contributed by atoms with Gasteiger partial charge in [-0.1, -0.05) is 11.8 Å². The van der Waals surface area contributed by atoms with Gasteiger partial charge in [-0.05, 0) is 55.5 Å². The number of halogens is 1. The van der Waals surface area contributed by atoms with Crippen molar-refractivity contribution in [3.63, 3.8) is 0 Å². The van der Waals surface area contributed by atoms with Crippen molar-refractivity contribution in [2.75, 3.05) is 0 Å². The second kappa shape index (κ2) is 6.03. The summed E-state index contributed by atoms with van der Waals surface area (Å²) in [7, 11) is 0. The van der Waals surface area contributed by atoms with Gasteiger partial charge in [-0.2, -0.15) is 0 Å². The summed E-state index contributed by atoms with van der Waals surface area (Å²) in [5.41, 5.74) is 0.798. The van der Waals surface area contributed by atoms with Gasteiger partial charge in [-0.3, -0.25) is 0 Å². The highest BCUT2D eigenvalue weighted by atomic mass is 19.1. The summed E-state index contributed by atoms with van der Waals surface area (Å²) in [6, 6.07) is 13.0. The molecule has 2 rings (SSSR count). The Kier molecular flexibility index (Phi) is 4.17. The van der Waals surface area contributed by atoms with Crippen LogP contribution in [0.4, 0.5) is 4.39 Å². The maximum Gasteiger partial charge on any atom is 0.127 e. The highest BCUT2D eigenvalue weighted by Gasteiger charge is 1.97. The van der Waals surface area contributed by atoms with Crippen molar-refractivity contribution in [2.45, 2.75) is 13.0 Å². The van der Waals surface area contributed by atoms with E-state index in [-0.39, 0.29) is 5.82 Å². The molecule has 0 amide bonds. The summed E-state index contributed by atoms with van der Waals surface area (Å²) in [6.45, 7) is 1.61. The second-order valence-corrected chi connectivity index (χ2v) is 4.03. The number of aliphatic hydroxyl groups is 1. The summed E-state index contributed by atoms with van der Waals surface area (Å²) < 4.78 is 18.3. The lowest BCUT2D eigenvalue weighted by molar-refractivity contribution is 0.253. The van der Waals surface area contributed by atoms with E-state index >= 15 is 0 Å². The third kappa shape index (κ3) is 4.13. The van der Waals surface area contributed by atoms with Crippen LogP contribution in [-0.4, -0.2) is 11.2 Å². The molecule has 0 heterocycles. The topological polar surface area (TPSA) is 29.5 Å². The zero-order chi connectivity index (χ0) is 13.7. The van der Waals surface area contributed by atoms with E-state index < -0.39 is 6.10 Å². The van der Waals surface area contributed by atoms with Gasteiger partial charge >= 0.3 is 0 Å². The van der Waals surface area contributed by atoms with Gasteiger partial charge in [-0.25, -0.2) is 4.39 Å². The smallest absolute Gasteiger partial charge is 0.127 e. The molecule has 0 aliphatic rings. The molecule has 0 aliphatic heterocycles. The van der Waals surface area contributed by atoms with E-state index in [1.807, 2.05) is 0 Å². The highest BCUT2D eigenvalue weighted by Crippen LogP contribution is 2.21. The molecule has 3 heteroatoms. The summed E-state index contributed by atoms with van der Waals surface area (Å²) in [6.07, 6.45) is -0.643. The number of aliphatic hydroxyl groups excluding tert-OH is 1. The van der Waals surface area contributed by atoms with Crippen LogP contribution in [0.1, 0.15) is 12.5 Å². The number of hydrogen-bond acceptors (Lipinski definition) is 2. The normalized spacial score (nSPS) is 11.3. The molecule has 2 nitrogen and oxygen atoms in total. The first-order chi connectivity index (χ1) is 9.13. The van der Waals surface area contributed by atoms with Gasteiger partial charge in [0.1, 0.15) is 23.4 Å². The second-order valence-electron chi connectivity index (χ2n) is 4.03. The molecular formula is C16H13FO2. The van der Waals surface area contributed by atoms with Gasteiger partial charge in [0.2, 0.25) is 0 Å². The number of rotatable bonds is 2. The van der Waals surface area contributed by atoms with Gasteiger partial charge in [0.05, 0.1) is 0 Å². The SMILES string of the molecule is CC(O)C#Cc1ccc(Oc2ccc(F)cc2)cc1. The van der Waals surface area contributed by atoms with Crippen molar-refractivity contribution in [1.82, 2.24) is 0 Å². The molecule has 0 aromatic heterocycles. The van der Waals surface area contributed by atoms with Crippen LogP contribution in [0.5, 0.6) is 11.5 Å². The Balaban J connectivity index is 2.07. The van der Waals surface area contributed by atoms with Gasteiger partial charge in [-0.15, -0.1) is 0 Å². The molecule has 0 bridgehead atoms. The molecule has 1 N–H and O–H groups in total. The van der Waals surface area contributed by atoms with Gasteiger partial charge in [0, 0.05) is 5.56 Å². The average molecular weight is 256 g/mol. The van der Waals surface area contributed by atoms with Crippen molar-refractivity contribution in [3.8, 4) is 23.3 Å². The van der Waals surface area contributed by atoms with Crippen molar-refractivity contribution in [3.05, 3.63) is 59.9 Å². The summed E-state index contributed by atoms with van der Waals surface area (Å²) in [4.78, 5) is 0. The van der Waals surface area contributed by atoms with Gasteiger partial charge in [0.25, 0.3) is 0 Å². The van der Waals surface area contributed by atoms with Crippen LogP contribution >= 0.6 is 0 Å². The average Bonchev–Trinajstić information content (AvgIpc) is 2.40. The molecule has 1 unspecified atom stereocenters. The molecule has 0 aliphatic carbocycles. The predicted molar refractivity (Wildman–Crippen MR) is 71.5 cm³/mol. The van der Waals surface area contributed by atoms with E-state index in [0.29, 0.717) is 11.5 Å². The summed E-state index contributed by atoms with van der Waals surface area (Å²) in [5, 5.41) is 9.06. The van der Waals surface area contributed by atoms with Crippen molar-refractivity contribution in [1.29, 1.82) is 0 Å². The first-order valence-electron chi connectivity index (χ1n) is 5.86. The van der Waals surface area contributed by atoms with Crippen LogP contribution in [0.2, 0.25) is 0 Å². The van der Waals surface area contributed by atoms with Crippen LogP contribution < -0.4 is 4.74 Å². The third-order valence-electron chi connectivity index (χ3n) is 2.33. The maximum absolute atomic E-state index is 12.7. The maximum atomic E-state index is 12.7. The minimum atomic E-state index is -0.643. The zero-order valence-corrected chi connectivity index (χ0v) is 10.4. The van der Waals surface area contributed by atoms with E-state index in [2.05, 4.69) is 11.8 Å². The number of benzene rings is 2. The van der Waals surface area contributed by atoms with Crippen molar-refractivity contribution >= 4 is 0 Å². The van der Waals surface area contributed by atoms with E-state index in [1.165, 1.54) is 12.1 Å². The molecular weight excluding hydrogens is 243 g/mol. The van der Waals surface area contributed by atoms with E-state index in [0.717, 1.165) is 5.56 Å². The standard InChI is InChI=1S/C16H13FO2/c1-12(18)2-3-13-4-8-15(9-5-13)19-16-10-6-14(17)7-11-16/h4-12,18H,1H3. The van der Waals surface area contributed by atoms with E-state index in [1.54, 1.807) is 43.3 Å². The Morgan fingerprint density at radius 1 is 1.00 bits per heavy atom. The van der Waals surface area contributed by atoms with Crippen molar-refractivity contribution in [2.24, 2.45) is 0 Å². The first kappa shape index (κ1) is 13.1. The fourth-order valence-corrected chi connectivity index (χ4v) is 1.43. The molecule has 1 atom stereocenters. The molecule has 0 saturated heterocycles. The molecule has 19 heavy (non-hydrogen) atoms. The molecule has 0 spiro atoms. The molecule has 0 saturated carbocycles. The van der Waals surface area contributed by atoms with Crippen molar-refractivity contribution < 1.29 is 14.2 Å². The largest absolute Gasteiger partial charge is 0.457 e. The molecule has 2 aromatic rings. The summed E-state index contributed by atoms with van der Waals surface area (Å²) >= 11 is 0. The Bertz CT molecular complexity index is 589. The van der Waals surface area contributed by atoms with E-state index in [4.69, 9.17) is 9.84 Å². The Labute approximate surface area is 111 Å².